The van der Waals surface area contributed by atoms with Crippen molar-refractivity contribution in [3.05, 3.63) is 35.9 Å². The number of benzene rings is 1. The molecular weight excluding hydrogens is 361 g/mol. The lowest BCUT2D eigenvalue weighted by molar-refractivity contribution is -0.194. The molecule has 0 aliphatic heterocycles. The summed E-state index contributed by atoms with van der Waals surface area (Å²) in [4.78, 5) is 0. The number of ether oxygens (including phenoxy) is 1. The molecule has 2 aliphatic carbocycles. The average Bonchev–Trinajstić information content (AvgIpc) is 2.70. The zero-order valence-corrected chi connectivity index (χ0v) is 17.3. The normalized spacial score (nSPS) is 36.6. The molecule has 4 heteroatoms. The SMILES string of the molecule is CCCC1CCC(C2CCC(OCC)(c3ccccc3)C(C(F)F)C2F)CC1. The number of alkyl halides is 3. The van der Waals surface area contributed by atoms with Crippen LogP contribution in [-0.4, -0.2) is 19.2 Å². The second-order valence-corrected chi connectivity index (χ2v) is 8.77. The molecular formula is C24H35F3O. The van der Waals surface area contributed by atoms with Gasteiger partial charge in [-0.2, -0.15) is 0 Å². The summed E-state index contributed by atoms with van der Waals surface area (Å²) in [6.45, 7) is 4.31. The van der Waals surface area contributed by atoms with Gasteiger partial charge in [-0.3, -0.25) is 0 Å². The molecule has 3 rings (SSSR count). The predicted molar refractivity (Wildman–Crippen MR) is 107 cm³/mol. The van der Waals surface area contributed by atoms with E-state index in [4.69, 9.17) is 4.74 Å². The quantitative estimate of drug-likeness (QED) is 0.475. The molecule has 2 saturated carbocycles. The summed E-state index contributed by atoms with van der Waals surface area (Å²) in [7, 11) is 0. The van der Waals surface area contributed by atoms with E-state index in [1.54, 1.807) is 0 Å². The van der Waals surface area contributed by atoms with Crippen molar-refractivity contribution in [3.63, 3.8) is 0 Å². The van der Waals surface area contributed by atoms with E-state index in [2.05, 4.69) is 6.92 Å². The fourth-order valence-corrected chi connectivity index (χ4v) is 5.95. The van der Waals surface area contributed by atoms with E-state index in [-0.39, 0.29) is 11.8 Å². The Kier molecular flexibility index (Phi) is 7.47. The lowest BCUT2D eigenvalue weighted by Crippen LogP contribution is -2.54. The topological polar surface area (TPSA) is 9.23 Å². The van der Waals surface area contributed by atoms with Crippen LogP contribution in [0.25, 0.3) is 0 Å². The van der Waals surface area contributed by atoms with E-state index >= 15 is 4.39 Å². The molecule has 4 unspecified atom stereocenters. The molecule has 0 heterocycles. The van der Waals surface area contributed by atoms with Crippen molar-refractivity contribution in [1.82, 2.24) is 0 Å². The summed E-state index contributed by atoms with van der Waals surface area (Å²) in [6, 6.07) is 9.13. The standard InChI is InChI=1S/C24H35F3O/c1-3-8-17-11-13-18(14-12-17)20-15-16-24(28-4-2,19-9-6-5-7-10-19)21(22(20)25)23(26)27/h5-7,9-10,17-18,20-23H,3-4,8,11-16H2,1-2H3. The predicted octanol–water partition coefficient (Wildman–Crippen LogP) is 7.15. The maximum absolute atomic E-state index is 15.7. The third-order valence-electron chi connectivity index (χ3n) is 7.27. The Morgan fingerprint density at radius 3 is 2.29 bits per heavy atom. The maximum Gasteiger partial charge on any atom is 0.247 e. The molecule has 28 heavy (non-hydrogen) atoms. The first-order valence-electron chi connectivity index (χ1n) is 11.1. The highest BCUT2D eigenvalue weighted by Gasteiger charge is 2.56. The van der Waals surface area contributed by atoms with Gasteiger partial charge < -0.3 is 4.74 Å². The molecule has 0 N–H and O–H groups in total. The van der Waals surface area contributed by atoms with Gasteiger partial charge in [0.25, 0.3) is 0 Å². The molecule has 0 saturated heterocycles. The van der Waals surface area contributed by atoms with Crippen LogP contribution < -0.4 is 0 Å². The molecule has 2 fully saturated rings. The zero-order chi connectivity index (χ0) is 20.1. The van der Waals surface area contributed by atoms with E-state index in [9.17, 15) is 8.78 Å². The number of hydrogen-bond acceptors (Lipinski definition) is 1. The van der Waals surface area contributed by atoms with Gasteiger partial charge in [0.1, 0.15) is 11.8 Å². The van der Waals surface area contributed by atoms with Crippen molar-refractivity contribution in [2.24, 2.45) is 23.7 Å². The van der Waals surface area contributed by atoms with Crippen LogP contribution in [0.3, 0.4) is 0 Å². The van der Waals surface area contributed by atoms with Crippen molar-refractivity contribution < 1.29 is 17.9 Å². The molecule has 0 radical (unpaired) electrons. The van der Waals surface area contributed by atoms with Crippen LogP contribution in [0.2, 0.25) is 0 Å². The van der Waals surface area contributed by atoms with Gasteiger partial charge in [0.15, 0.2) is 0 Å². The van der Waals surface area contributed by atoms with Crippen molar-refractivity contribution in [2.75, 3.05) is 6.61 Å². The summed E-state index contributed by atoms with van der Waals surface area (Å²) < 4.78 is 50.2. The fourth-order valence-electron chi connectivity index (χ4n) is 5.95. The van der Waals surface area contributed by atoms with Gasteiger partial charge in [0, 0.05) is 6.61 Å². The highest BCUT2D eigenvalue weighted by atomic mass is 19.3. The Balaban J connectivity index is 1.82. The largest absolute Gasteiger partial charge is 0.370 e. The van der Waals surface area contributed by atoms with Gasteiger partial charge in [0.2, 0.25) is 6.43 Å². The van der Waals surface area contributed by atoms with Gasteiger partial charge >= 0.3 is 0 Å². The molecule has 0 spiro atoms. The lowest BCUT2D eigenvalue weighted by Gasteiger charge is -2.50. The second kappa shape index (κ2) is 9.65. The van der Waals surface area contributed by atoms with Crippen LogP contribution >= 0.6 is 0 Å². The minimum Gasteiger partial charge on any atom is -0.370 e. The third kappa shape index (κ3) is 4.27. The molecule has 4 atom stereocenters. The molecule has 1 aromatic rings. The summed E-state index contributed by atoms with van der Waals surface area (Å²) in [5.74, 6) is -0.693. The number of hydrogen-bond donors (Lipinski definition) is 0. The summed E-state index contributed by atoms with van der Waals surface area (Å²) in [5.41, 5.74) is -0.533. The van der Waals surface area contributed by atoms with Crippen LogP contribution in [-0.2, 0) is 10.3 Å². The van der Waals surface area contributed by atoms with Gasteiger partial charge in [-0.1, -0.05) is 62.9 Å². The first-order chi connectivity index (χ1) is 13.5. The van der Waals surface area contributed by atoms with Crippen molar-refractivity contribution >= 4 is 0 Å². The molecule has 2 aliphatic rings. The van der Waals surface area contributed by atoms with Gasteiger partial charge in [-0.05, 0) is 55.9 Å². The average molecular weight is 397 g/mol. The van der Waals surface area contributed by atoms with Crippen LogP contribution in [0.1, 0.15) is 70.8 Å². The van der Waals surface area contributed by atoms with Crippen LogP contribution in [0.15, 0.2) is 30.3 Å². The van der Waals surface area contributed by atoms with Crippen molar-refractivity contribution in [1.29, 1.82) is 0 Å². The fraction of sp³-hybridized carbons (Fsp3) is 0.750. The molecule has 0 amide bonds. The van der Waals surface area contributed by atoms with E-state index in [1.807, 2.05) is 37.3 Å². The second-order valence-electron chi connectivity index (χ2n) is 8.77. The minimum atomic E-state index is -2.74. The smallest absolute Gasteiger partial charge is 0.247 e. The van der Waals surface area contributed by atoms with E-state index in [1.165, 1.54) is 12.8 Å². The highest BCUT2D eigenvalue weighted by molar-refractivity contribution is 5.26. The van der Waals surface area contributed by atoms with Gasteiger partial charge in [0.05, 0.1) is 5.92 Å². The van der Waals surface area contributed by atoms with E-state index in [0.717, 1.165) is 31.6 Å². The Labute approximate surface area is 168 Å². The lowest BCUT2D eigenvalue weighted by atomic mass is 9.61. The van der Waals surface area contributed by atoms with E-state index < -0.39 is 24.1 Å². The van der Waals surface area contributed by atoms with E-state index in [0.29, 0.717) is 25.0 Å². The Morgan fingerprint density at radius 1 is 1.04 bits per heavy atom. The molecule has 0 bridgehead atoms. The first-order valence-corrected chi connectivity index (χ1v) is 11.1. The number of halogens is 3. The van der Waals surface area contributed by atoms with Crippen LogP contribution in [0.4, 0.5) is 13.2 Å². The monoisotopic (exact) mass is 396 g/mol. The molecule has 1 nitrogen and oxygen atoms in total. The molecule has 0 aromatic heterocycles. The first kappa shape index (κ1) is 21.7. The number of rotatable bonds is 7. The van der Waals surface area contributed by atoms with Crippen molar-refractivity contribution in [3.8, 4) is 0 Å². The summed E-state index contributed by atoms with van der Waals surface area (Å²) in [6.07, 6.45) is 3.48. The van der Waals surface area contributed by atoms with Gasteiger partial charge in [-0.15, -0.1) is 0 Å². The molecule has 158 valence electrons. The Hall–Kier alpha value is -1.03. The minimum absolute atomic E-state index is 0.236. The third-order valence-corrected chi connectivity index (χ3v) is 7.27. The Bertz CT molecular complexity index is 585. The summed E-state index contributed by atoms with van der Waals surface area (Å²) >= 11 is 0. The van der Waals surface area contributed by atoms with Crippen LogP contribution in [0, 0.1) is 23.7 Å². The van der Waals surface area contributed by atoms with Gasteiger partial charge in [-0.25, -0.2) is 13.2 Å². The summed E-state index contributed by atoms with van der Waals surface area (Å²) in [5, 5.41) is 0. The zero-order valence-electron chi connectivity index (χ0n) is 17.3. The maximum atomic E-state index is 15.7. The van der Waals surface area contributed by atoms with Crippen LogP contribution in [0.5, 0.6) is 0 Å². The van der Waals surface area contributed by atoms with Crippen molar-refractivity contribution in [2.45, 2.75) is 83.4 Å². The molecule has 1 aromatic carbocycles. The highest BCUT2D eigenvalue weighted by Crippen LogP contribution is 2.53. The Morgan fingerprint density at radius 2 is 1.71 bits per heavy atom.